The molecule has 0 radical (unpaired) electrons. The summed E-state index contributed by atoms with van der Waals surface area (Å²) in [5.74, 6) is 1.22. The van der Waals surface area contributed by atoms with Crippen LogP contribution in [0.2, 0.25) is 0 Å². The lowest BCUT2D eigenvalue weighted by molar-refractivity contribution is 0.0994. The Bertz CT molecular complexity index is 1350. The van der Waals surface area contributed by atoms with Gasteiger partial charge in [0.1, 0.15) is 5.76 Å². The average molecular weight is 550 g/mol. The van der Waals surface area contributed by atoms with Gasteiger partial charge in [0.05, 0.1) is 14.2 Å². The quantitative estimate of drug-likeness (QED) is 0.300. The molecule has 0 unspecified atom stereocenters. The number of hydrogen-bond acceptors (Lipinski definition) is 8. The Morgan fingerprint density at radius 2 is 1.65 bits per heavy atom. The van der Waals surface area contributed by atoms with Crippen LogP contribution in [0.4, 0.5) is 11.6 Å². The molecule has 2 N–H and O–H groups in total. The second-order valence-electron chi connectivity index (χ2n) is 12.2. The summed E-state index contributed by atoms with van der Waals surface area (Å²) < 4.78 is 16.9. The van der Waals surface area contributed by atoms with Crippen LogP contribution in [0.3, 0.4) is 0 Å². The highest BCUT2D eigenvalue weighted by atomic mass is 16.5. The largest absolute Gasteiger partial charge is 0.479 e. The van der Waals surface area contributed by atoms with Gasteiger partial charge >= 0.3 is 0 Å². The van der Waals surface area contributed by atoms with E-state index in [-0.39, 0.29) is 34.0 Å². The van der Waals surface area contributed by atoms with Crippen molar-refractivity contribution in [2.75, 3.05) is 52.0 Å². The number of aromatic nitrogens is 2. The van der Waals surface area contributed by atoms with Gasteiger partial charge in [-0.3, -0.25) is 4.79 Å². The summed E-state index contributed by atoms with van der Waals surface area (Å²) in [7, 11) is 7.02. The van der Waals surface area contributed by atoms with Gasteiger partial charge < -0.3 is 29.4 Å². The highest BCUT2D eigenvalue weighted by Gasteiger charge is 2.42. The first-order valence-corrected chi connectivity index (χ1v) is 13.8. The SMILES string of the molecule is COc1nc(NCCCN(C)C)nc(OC)c1NC(=O)c1ccc(Cc2cc3c(cc2C)C(C)(C)CC3(C)C)o1. The van der Waals surface area contributed by atoms with Gasteiger partial charge in [0.25, 0.3) is 5.91 Å². The van der Waals surface area contributed by atoms with Crippen LogP contribution in [0.15, 0.2) is 28.7 Å². The zero-order valence-electron chi connectivity index (χ0n) is 25.3. The molecule has 40 heavy (non-hydrogen) atoms. The number of amides is 1. The monoisotopic (exact) mass is 549 g/mol. The summed E-state index contributed by atoms with van der Waals surface area (Å²) in [5, 5.41) is 5.98. The Morgan fingerprint density at radius 1 is 1.02 bits per heavy atom. The van der Waals surface area contributed by atoms with Gasteiger partial charge in [-0.05, 0) is 85.6 Å². The number of aryl methyl sites for hydroxylation is 1. The Hall–Kier alpha value is -3.59. The fraction of sp³-hybridized carbons (Fsp3) is 0.516. The second-order valence-corrected chi connectivity index (χ2v) is 12.2. The third-order valence-corrected chi connectivity index (χ3v) is 7.60. The maximum absolute atomic E-state index is 13.2. The zero-order chi connectivity index (χ0) is 29.2. The highest BCUT2D eigenvalue weighted by Crippen LogP contribution is 2.50. The molecule has 9 nitrogen and oxygen atoms in total. The predicted octanol–water partition coefficient (Wildman–Crippen LogP) is 5.56. The number of carbonyl (C=O) groups excluding carboxylic acids is 1. The van der Waals surface area contributed by atoms with Crippen molar-refractivity contribution in [2.45, 2.75) is 64.7 Å². The van der Waals surface area contributed by atoms with Crippen molar-refractivity contribution in [1.29, 1.82) is 0 Å². The normalized spacial score (nSPS) is 15.2. The van der Waals surface area contributed by atoms with Crippen molar-refractivity contribution in [3.8, 4) is 11.8 Å². The molecule has 3 aromatic rings. The summed E-state index contributed by atoms with van der Waals surface area (Å²) in [6, 6.07) is 8.18. The number of hydrogen-bond donors (Lipinski definition) is 2. The number of ether oxygens (including phenoxy) is 2. The number of nitrogens with zero attached hydrogens (tertiary/aromatic N) is 3. The first-order chi connectivity index (χ1) is 18.8. The zero-order valence-corrected chi connectivity index (χ0v) is 25.3. The molecule has 1 aliphatic rings. The lowest BCUT2D eigenvalue weighted by Crippen LogP contribution is -2.18. The average Bonchev–Trinajstić information content (AvgIpc) is 3.42. The van der Waals surface area contributed by atoms with E-state index in [4.69, 9.17) is 13.9 Å². The van der Waals surface area contributed by atoms with Crippen molar-refractivity contribution in [3.05, 3.63) is 58.0 Å². The third kappa shape index (κ3) is 6.25. The Morgan fingerprint density at radius 3 is 2.25 bits per heavy atom. The van der Waals surface area contributed by atoms with E-state index in [9.17, 15) is 4.79 Å². The van der Waals surface area contributed by atoms with E-state index in [2.05, 4.69) is 72.3 Å². The van der Waals surface area contributed by atoms with E-state index in [1.54, 1.807) is 6.07 Å². The lowest BCUT2D eigenvalue weighted by Gasteiger charge is -2.22. The van der Waals surface area contributed by atoms with Crippen molar-refractivity contribution in [2.24, 2.45) is 0 Å². The molecule has 0 atom stereocenters. The van der Waals surface area contributed by atoms with E-state index in [1.807, 2.05) is 20.2 Å². The minimum absolute atomic E-state index is 0.118. The second kappa shape index (κ2) is 11.5. The number of rotatable bonds is 11. The van der Waals surface area contributed by atoms with Crippen LogP contribution >= 0.6 is 0 Å². The summed E-state index contributed by atoms with van der Waals surface area (Å²) in [6.07, 6.45) is 2.64. The van der Waals surface area contributed by atoms with Crippen LogP contribution in [0.1, 0.15) is 79.1 Å². The molecular formula is C31H43N5O4. The fourth-order valence-electron chi connectivity index (χ4n) is 5.81. The van der Waals surface area contributed by atoms with E-state index in [0.29, 0.717) is 18.9 Å². The van der Waals surface area contributed by atoms with E-state index < -0.39 is 5.91 Å². The molecule has 0 fully saturated rings. The van der Waals surface area contributed by atoms with Gasteiger partial charge in [0.2, 0.25) is 17.7 Å². The molecule has 0 spiro atoms. The molecule has 2 heterocycles. The standard InChI is InChI=1S/C31H43N5O4/c1-19-15-22-23(31(4,5)18-30(22,2)3)17-20(19)16-21-11-12-24(40-21)26(37)33-25-27(38-8)34-29(35-28(25)39-9)32-13-10-14-36(6)7/h11-12,15,17H,10,13-14,16,18H2,1-9H3,(H,33,37)(H,32,34,35). The van der Waals surface area contributed by atoms with Crippen LogP contribution in [0.25, 0.3) is 0 Å². The predicted molar refractivity (Wildman–Crippen MR) is 158 cm³/mol. The summed E-state index contributed by atoms with van der Waals surface area (Å²) in [4.78, 5) is 24.1. The van der Waals surface area contributed by atoms with Gasteiger partial charge in [-0.2, -0.15) is 9.97 Å². The smallest absolute Gasteiger partial charge is 0.291 e. The molecule has 1 aliphatic carbocycles. The van der Waals surface area contributed by atoms with Gasteiger partial charge in [0.15, 0.2) is 11.4 Å². The Balaban J connectivity index is 1.49. The van der Waals surface area contributed by atoms with Crippen molar-refractivity contribution in [3.63, 3.8) is 0 Å². The molecule has 1 amide bonds. The highest BCUT2D eigenvalue weighted by molar-refractivity contribution is 6.03. The van der Waals surface area contributed by atoms with Crippen LogP contribution in [-0.2, 0) is 17.3 Å². The molecular weight excluding hydrogens is 506 g/mol. The number of benzene rings is 1. The third-order valence-electron chi connectivity index (χ3n) is 7.60. The topological polar surface area (TPSA) is 102 Å². The maximum atomic E-state index is 13.2. The number of furan rings is 1. The minimum Gasteiger partial charge on any atom is -0.479 e. The van der Waals surface area contributed by atoms with Crippen LogP contribution in [0.5, 0.6) is 11.8 Å². The van der Waals surface area contributed by atoms with Crippen molar-refractivity contribution < 1.29 is 18.7 Å². The maximum Gasteiger partial charge on any atom is 0.291 e. The van der Waals surface area contributed by atoms with E-state index in [0.717, 1.165) is 25.1 Å². The first kappa shape index (κ1) is 29.4. The Kier molecular flexibility index (Phi) is 8.44. The lowest BCUT2D eigenvalue weighted by atomic mass is 9.82. The van der Waals surface area contributed by atoms with Crippen LogP contribution < -0.4 is 20.1 Å². The molecule has 1 aromatic carbocycles. The van der Waals surface area contributed by atoms with Gasteiger partial charge in [0, 0.05) is 13.0 Å². The molecule has 2 aromatic heterocycles. The summed E-state index contributed by atoms with van der Waals surface area (Å²) in [5.41, 5.74) is 5.78. The molecule has 216 valence electrons. The molecule has 4 rings (SSSR count). The fourth-order valence-corrected chi connectivity index (χ4v) is 5.81. The van der Waals surface area contributed by atoms with Gasteiger partial charge in [-0.1, -0.05) is 39.8 Å². The Labute approximate surface area is 237 Å². The van der Waals surface area contributed by atoms with Crippen molar-refractivity contribution >= 4 is 17.5 Å². The molecule has 9 heteroatoms. The van der Waals surface area contributed by atoms with E-state index >= 15 is 0 Å². The molecule has 0 aliphatic heterocycles. The van der Waals surface area contributed by atoms with Crippen LogP contribution in [0, 0.1) is 6.92 Å². The minimum atomic E-state index is -0.438. The number of methoxy groups -OCH3 is 2. The molecule has 0 saturated carbocycles. The molecule has 0 bridgehead atoms. The van der Waals surface area contributed by atoms with Crippen molar-refractivity contribution in [1.82, 2.24) is 14.9 Å². The summed E-state index contributed by atoms with van der Waals surface area (Å²) in [6.45, 7) is 13.0. The first-order valence-electron chi connectivity index (χ1n) is 13.8. The number of carbonyl (C=O) groups is 1. The number of fused-ring (bicyclic) bond motifs is 1. The van der Waals surface area contributed by atoms with E-state index in [1.165, 1.54) is 36.5 Å². The van der Waals surface area contributed by atoms with Crippen LogP contribution in [-0.4, -0.2) is 62.2 Å². The number of nitrogens with one attached hydrogen (secondary N) is 2. The number of anilines is 2. The molecule has 0 saturated heterocycles. The summed E-state index contributed by atoms with van der Waals surface area (Å²) >= 11 is 0. The van der Waals surface area contributed by atoms with Gasteiger partial charge in [-0.15, -0.1) is 0 Å². The van der Waals surface area contributed by atoms with Gasteiger partial charge in [-0.25, -0.2) is 0 Å².